The van der Waals surface area contributed by atoms with Crippen LogP contribution in [-0.2, 0) is 9.47 Å². The molecule has 104 valence electrons. The monoisotopic (exact) mass is 268 g/mol. The molecule has 2 nitrogen and oxygen atoms in total. The quantitative estimate of drug-likeness (QED) is 0.563. The zero-order valence-corrected chi connectivity index (χ0v) is 12.0. The average Bonchev–Trinajstić information content (AvgIpc) is 2.52. The van der Waals surface area contributed by atoms with Gasteiger partial charge in [-0.3, -0.25) is 0 Å². The lowest BCUT2D eigenvalue weighted by Gasteiger charge is -2.16. The Morgan fingerprint density at radius 1 is 0.650 bits per heavy atom. The first-order valence-electron chi connectivity index (χ1n) is 6.97. The molecule has 0 aliphatic rings. The van der Waals surface area contributed by atoms with Crippen LogP contribution in [0.15, 0.2) is 60.7 Å². The molecule has 0 bridgehead atoms. The van der Waals surface area contributed by atoms with Gasteiger partial charge in [-0.15, -0.1) is 0 Å². The molecular weight excluding hydrogens is 248 g/mol. The maximum absolute atomic E-state index is 5.85. The fraction of sp³-hybridized carbons (Fsp3) is 0.222. The van der Waals surface area contributed by atoms with Crippen LogP contribution in [0.1, 0.15) is 25.0 Å². The molecule has 0 aromatic heterocycles. The minimum absolute atomic E-state index is 0.605. The van der Waals surface area contributed by atoms with E-state index in [1.54, 1.807) is 0 Å². The van der Waals surface area contributed by atoms with Gasteiger partial charge >= 0.3 is 0 Å². The van der Waals surface area contributed by atoms with Crippen molar-refractivity contribution in [2.24, 2.45) is 0 Å². The summed E-state index contributed by atoms with van der Waals surface area (Å²) in [4.78, 5) is 0. The van der Waals surface area contributed by atoms with Gasteiger partial charge in [0.15, 0.2) is 11.5 Å². The molecule has 0 fully saturated rings. The zero-order chi connectivity index (χ0) is 14.2. The van der Waals surface area contributed by atoms with E-state index in [9.17, 15) is 0 Å². The van der Waals surface area contributed by atoms with Gasteiger partial charge in [0.25, 0.3) is 0 Å². The van der Waals surface area contributed by atoms with Gasteiger partial charge in [-0.05, 0) is 13.8 Å². The number of benzene rings is 2. The van der Waals surface area contributed by atoms with E-state index in [1.807, 2.05) is 74.5 Å². The molecule has 0 heterocycles. The molecule has 0 amide bonds. The Morgan fingerprint density at radius 2 is 1.00 bits per heavy atom. The first-order valence-corrected chi connectivity index (χ1v) is 6.97. The lowest BCUT2D eigenvalue weighted by molar-refractivity contribution is 0.261. The molecule has 0 aliphatic carbocycles. The van der Waals surface area contributed by atoms with Crippen molar-refractivity contribution in [1.29, 1.82) is 0 Å². The van der Waals surface area contributed by atoms with E-state index in [1.165, 1.54) is 0 Å². The van der Waals surface area contributed by atoms with E-state index in [0.29, 0.717) is 13.2 Å². The second-order valence-electron chi connectivity index (χ2n) is 4.26. The van der Waals surface area contributed by atoms with Gasteiger partial charge in [-0.25, -0.2) is 0 Å². The smallest absolute Gasteiger partial charge is 0.168 e. The summed E-state index contributed by atoms with van der Waals surface area (Å²) in [5, 5.41) is 0. The van der Waals surface area contributed by atoms with Crippen LogP contribution in [0.5, 0.6) is 0 Å². The van der Waals surface area contributed by atoms with Crippen molar-refractivity contribution < 1.29 is 9.47 Å². The maximum atomic E-state index is 5.85. The summed E-state index contributed by atoms with van der Waals surface area (Å²) in [5.74, 6) is 1.59. The van der Waals surface area contributed by atoms with E-state index in [0.717, 1.165) is 22.6 Å². The Labute approximate surface area is 120 Å². The second kappa shape index (κ2) is 7.39. The summed E-state index contributed by atoms with van der Waals surface area (Å²) in [6.45, 7) is 5.18. The molecule has 0 unspecified atom stereocenters. The number of ether oxygens (including phenoxy) is 2. The number of hydrogen-bond acceptors (Lipinski definition) is 2. The lowest BCUT2D eigenvalue weighted by atomic mass is 10.1. The van der Waals surface area contributed by atoms with Crippen LogP contribution in [0.3, 0.4) is 0 Å². The average molecular weight is 268 g/mol. The van der Waals surface area contributed by atoms with Crippen molar-refractivity contribution in [3.05, 3.63) is 71.8 Å². The van der Waals surface area contributed by atoms with E-state index >= 15 is 0 Å². The van der Waals surface area contributed by atoms with Gasteiger partial charge in [-0.1, -0.05) is 60.7 Å². The van der Waals surface area contributed by atoms with Crippen molar-refractivity contribution in [2.45, 2.75) is 13.8 Å². The van der Waals surface area contributed by atoms with Crippen LogP contribution in [0, 0.1) is 0 Å². The summed E-state index contributed by atoms with van der Waals surface area (Å²) in [6, 6.07) is 20.1. The molecule has 0 saturated carbocycles. The van der Waals surface area contributed by atoms with Crippen LogP contribution in [0.25, 0.3) is 11.5 Å². The highest BCUT2D eigenvalue weighted by Gasteiger charge is 2.14. The molecule has 0 radical (unpaired) electrons. The van der Waals surface area contributed by atoms with Crippen LogP contribution in [0.4, 0.5) is 0 Å². The van der Waals surface area contributed by atoms with Crippen LogP contribution < -0.4 is 0 Å². The maximum Gasteiger partial charge on any atom is 0.168 e. The molecule has 2 heteroatoms. The first-order chi connectivity index (χ1) is 9.86. The molecule has 20 heavy (non-hydrogen) atoms. The Bertz CT molecular complexity index is 493. The third-order valence-electron chi connectivity index (χ3n) is 2.86. The SMILES string of the molecule is CCOC(=C(OCC)c1ccccc1)c1ccccc1. The van der Waals surface area contributed by atoms with Crippen LogP contribution >= 0.6 is 0 Å². The Balaban J connectivity index is 2.54. The normalized spacial score (nSPS) is 11.7. The molecule has 0 spiro atoms. The molecule has 2 rings (SSSR count). The minimum atomic E-state index is 0.605. The summed E-state index contributed by atoms with van der Waals surface area (Å²) >= 11 is 0. The summed E-state index contributed by atoms with van der Waals surface area (Å²) in [5.41, 5.74) is 2.06. The highest BCUT2D eigenvalue weighted by atomic mass is 16.5. The summed E-state index contributed by atoms with van der Waals surface area (Å²) in [6.07, 6.45) is 0. The fourth-order valence-corrected chi connectivity index (χ4v) is 2.03. The number of rotatable bonds is 6. The van der Waals surface area contributed by atoms with Gasteiger partial charge in [0.1, 0.15) is 0 Å². The van der Waals surface area contributed by atoms with E-state index in [4.69, 9.17) is 9.47 Å². The zero-order valence-electron chi connectivity index (χ0n) is 12.0. The molecule has 0 atom stereocenters. The topological polar surface area (TPSA) is 18.5 Å². The van der Waals surface area contributed by atoms with Gasteiger partial charge in [0, 0.05) is 11.1 Å². The second-order valence-corrected chi connectivity index (χ2v) is 4.26. The minimum Gasteiger partial charge on any atom is -0.489 e. The van der Waals surface area contributed by atoms with Gasteiger partial charge in [-0.2, -0.15) is 0 Å². The van der Waals surface area contributed by atoms with Crippen LogP contribution in [-0.4, -0.2) is 13.2 Å². The van der Waals surface area contributed by atoms with Gasteiger partial charge in [0.2, 0.25) is 0 Å². The predicted octanol–water partition coefficient (Wildman–Crippen LogP) is 4.59. The molecule has 0 aliphatic heterocycles. The van der Waals surface area contributed by atoms with E-state index < -0.39 is 0 Å². The Morgan fingerprint density at radius 3 is 1.30 bits per heavy atom. The largest absolute Gasteiger partial charge is 0.489 e. The standard InChI is InChI=1S/C18H20O2/c1-3-19-17(15-11-7-5-8-12-15)18(20-4-2)16-13-9-6-10-14-16/h5-14H,3-4H2,1-2H3. The van der Waals surface area contributed by atoms with Crippen molar-refractivity contribution in [3.63, 3.8) is 0 Å². The predicted molar refractivity (Wildman–Crippen MR) is 83.0 cm³/mol. The Kier molecular flexibility index (Phi) is 5.24. The molecule has 2 aromatic carbocycles. The van der Waals surface area contributed by atoms with Crippen molar-refractivity contribution in [3.8, 4) is 0 Å². The molecule has 2 aromatic rings. The third kappa shape index (κ3) is 3.41. The number of hydrogen-bond donors (Lipinski definition) is 0. The third-order valence-corrected chi connectivity index (χ3v) is 2.86. The highest BCUT2D eigenvalue weighted by Crippen LogP contribution is 2.28. The highest BCUT2D eigenvalue weighted by molar-refractivity contribution is 5.84. The molecule has 0 N–H and O–H groups in total. The molecule has 0 saturated heterocycles. The Hall–Kier alpha value is -2.22. The van der Waals surface area contributed by atoms with Crippen molar-refractivity contribution in [1.82, 2.24) is 0 Å². The van der Waals surface area contributed by atoms with Crippen LogP contribution in [0.2, 0.25) is 0 Å². The van der Waals surface area contributed by atoms with Crippen molar-refractivity contribution in [2.75, 3.05) is 13.2 Å². The summed E-state index contributed by atoms with van der Waals surface area (Å²) < 4.78 is 11.7. The van der Waals surface area contributed by atoms with Crippen molar-refractivity contribution >= 4 is 11.5 Å². The summed E-state index contributed by atoms with van der Waals surface area (Å²) in [7, 11) is 0. The van der Waals surface area contributed by atoms with E-state index in [-0.39, 0.29) is 0 Å². The van der Waals surface area contributed by atoms with E-state index in [2.05, 4.69) is 0 Å². The fourth-order valence-electron chi connectivity index (χ4n) is 2.03. The molecular formula is C18H20O2. The van der Waals surface area contributed by atoms with Gasteiger partial charge < -0.3 is 9.47 Å². The lowest BCUT2D eigenvalue weighted by Crippen LogP contribution is -2.01. The van der Waals surface area contributed by atoms with Gasteiger partial charge in [0.05, 0.1) is 13.2 Å². The first kappa shape index (κ1) is 14.2.